The Hall–Kier alpha value is -8.99. The highest BCUT2D eigenvalue weighted by atomic mass is 19.1. The van der Waals surface area contributed by atoms with E-state index in [1.807, 2.05) is 24.3 Å². The van der Waals surface area contributed by atoms with Crippen LogP contribution in [0, 0.1) is 5.82 Å². The number of halogens is 1. The molecule has 13 rings (SSSR count). The highest BCUT2D eigenvalue weighted by Gasteiger charge is 2.20. The Kier molecular flexibility index (Phi) is 9.36. The van der Waals surface area contributed by atoms with Crippen LogP contribution in [0.25, 0.3) is 105 Å². The van der Waals surface area contributed by atoms with Crippen LogP contribution in [0.4, 0.5) is 21.5 Å². The molecule has 11 aromatic carbocycles. The summed E-state index contributed by atoms with van der Waals surface area (Å²) >= 11 is 0. The Morgan fingerprint density at radius 3 is 1.63 bits per heavy atom. The van der Waals surface area contributed by atoms with E-state index < -0.39 is 0 Å². The number of furan rings is 1. The maximum Gasteiger partial charge on any atom is 0.143 e. The Bertz CT molecular complexity index is 3980. The van der Waals surface area contributed by atoms with Crippen molar-refractivity contribution in [1.29, 1.82) is 0 Å². The van der Waals surface area contributed by atoms with Gasteiger partial charge >= 0.3 is 0 Å². The molecule has 2 aromatic heterocycles. The summed E-state index contributed by atoms with van der Waals surface area (Å²) in [6.07, 6.45) is 0. The molecule has 3 nitrogen and oxygen atoms in total. The van der Waals surface area contributed by atoms with Crippen molar-refractivity contribution in [2.45, 2.75) is 0 Å². The fourth-order valence-electron chi connectivity index (χ4n) is 10.3. The SMILES string of the molecule is Fc1ccc(-c2ccc(-n3c4ccccc4c4ccc(-c5cc(-c6ccc(N(c7ccccc7)c7ccccc7)c7ccccc67)cc(-c6cccc7c6oc6ccccc67)c5)cc43)cc2)cc1. The van der Waals surface area contributed by atoms with Crippen LogP contribution in [0.1, 0.15) is 0 Å². The molecule has 0 amide bonds. The van der Waals surface area contributed by atoms with Crippen molar-refractivity contribution < 1.29 is 8.81 Å². The van der Waals surface area contributed by atoms with E-state index in [4.69, 9.17) is 4.42 Å². The van der Waals surface area contributed by atoms with Crippen molar-refractivity contribution in [3.63, 3.8) is 0 Å². The number of para-hydroxylation sites is 5. The number of hydrogen-bond donors (Lipinski definition) is 0. The molecule has 0 bridgehead atoms. The van der Waals surface area contributed by atoms with E-state index in [0.29, 0.717) is 0 Å². The van der Waals surface area contributed by atoms with E-state index in [2.05, 4.69) is 222 Å². The number of fused-ring (bicyclic) bond motifs is 7. The van der Waals surface area contributed by atoms with Crippen LogP contribution in [-0.2, 0) is 0 Å². The van der Waals surface area contributed by atoms with Crippen LogP contribution >= 0.6 is 0 Å². The first kappa shape index (κ1) is 39.4. The predicted molar refractivity (Wildman–Crippen MR) is 282 cm³/mol. The van der Waals surface area contributed by atoms with E-state index in [0.717, 1.165) is 111 Å². The van der Waals surface area contributed by atoms with Crippen LogP contribution in [-0.4, -0.2) is 4.57 Å². The number of benzene rings is 11. The van der Waals surface area contributed by atoms with Crippen molar-refractivity contribution in [3.8, 4) is 50.2 Å². The highest BCUT2D eigenvalue weighted by molar-refractivity contribution is 6.12. The van der Waals surface area contributed by atoms with E-state index >= 15 is 0 Å². The zero-order chi connectivity index (χ0) is 45.1. The molecule has 0 fully saturated rings. The number of rotatable bonds is 8. The van der Waals surface area contributed by atoms with Gasteiger partial charge < -0.3 is 13.9 Å². The van der Waals surface area contributed by atoms with Gasteiger partial charge in [-0.1, -0.05) is 158 Å². The lowest BCUT2D eigenvalue weighted by Gasteiger charge is -2.27. The molecule has 320 valence electrons. The summed E-state index contributed by atoms with van der Waals surface area (Å²) in [7, 11) is 0. The monoisotopic (exact) mass is 872 g/mol. The first-order valence-corrected chi connectivity index (χ1v) is 23.0. The minimum absolute atomic E-state index is 0.240. The van der Waals surface area contributed by atoms with Gasteiger partial charge in [-0.05, 0) is 135 Å². The summed E-state index contributed by atoms with van der Waals surface area (Å²) in [6, 6.07) is 87.1. The van der Waals surface area contributed by atoms with Crippen molar-refractivity contribution in [2.75, 3.05) is 4.90 Å². The van der Waals surface area contributed by atoms with Crippen LogP contribution in [0.5, 0.6) is 0 Å². The molecule has 13 aromatic rings. The molecular weight excluding hydrogens is 832 g/mol. The smallest absolute Gasteiger partial charge is 0.143 e. The van der Waals surface area contributed by atoms with Gasteiger partial charge in [0.15, 0.2) is 0 Å². The lowest BCUT2D eigenvalue weighted by Crippen LogP contribution is -2.10. The molecule has 2 heterocycles. The van der Waals surface area contributed by atoms with Crippen molar-refractivity contribution >= 4 is 71.6 Å². The summed E-state index contributed by atoms with van der Waals surface area (Å²) in [4.78, 5) is 2.35. The van der Waals surface area contributed by atoms with Crippen LogP contribution in [0.2, 0.25) is 0 Å². The molecule has 0 spiro atoms. The Labute approximate surface area is 392 Å². The van der Waals surface area contributed by atoms with Gasteiger partial charge in [0.05, 0.1) is 16.7 Å². The van der Waals surface area contributed by atoms with Gasteiger partial charge in [0.2, 0.25) is 0 Å². The Morgan fingerprint density at radius 2 is 0.897 bits per heavy atom. The van der Waals surface area contributed by atoms with Crippen molar-refractivity contribution in [3.05, 3.63) is 255 Å². The van der Waals surface area contributed by atoms with Crippen LogP contribution in [0.15, 0.2) is 253 Å². The number of anilines is 3. The second-order valence-electron chi connectivity index (χ2n) is 17.4. The lowest BCUT2D eigenvalue weighted by atomic mass is 9.90. The normalized spacial score (nSPS) is 11.6. The second-order valence-corrected chi connectivity index (χ2v) is 17.4. The number of aromatic nitrogens is 1. The van der Waals surface area contributed by atoms with Gasteiger partial charge in [0.25, 0.3) is 0 Å². The van der Waals surface area contributed by atoms with Gasteiger partial charge in [-0.3, -0.25) is 0 Å². The molecule has 0 radical (unpaired) electrons. The van der Waals surface area contributed by atoms with Gasteiger partial charge in [0.1, 0.15) is 17.0 Å². The van der Waals surface area contributed by atoms with E-state index in [-0.39, 0.29) is 5.82 Å². The number of nitrogens with zero attached hydrogens (tertiary/aromatic N) is 2. The second kappa shape index (κ2) is 16.2. The molecule has 68 heavy (non-hydrogen) atoms. The average molecular weight is 873 g/mol. The van der Waals surface area contributed by atoms with E-state index in [9.17, 15) is 4.39 Å². The van der Waals surface area contributed by atoms with Gasteiger partial charge in [-0.25, -0.2) is 4.39 Å². The van der Waals surface area contributed by atoms with Crippen LogP contribution < -0.4 is 4.90 Å². The topological polar surface area (TPSA) is 21.3 Å². The third-order valence-electron chi connectivity index (χ3n) is 13.4. The molecule has 0 aliphatic carbocycles. The third kappa shape index (κ3) is 6.65. The third-order valence-corrected chi connectivity index (χ3v) is 13.4. The molecule has 0 atom stereocenters. The zero-order valence-corrected chi connectivity index (χ0v) is 36.9. The van der Waals surface area contributed by atoms with Gasteiger partial charge in [-0.15, -0.1) is 0 Å². The molecule has 0 aliphatic rings. The van der Waals surface area contributed by atoms with Gasteiger partial charge in [0, 0.05) is 49.6 Å². The maximum atomic E-state index is 13.8. The largest absolute Gasteiger partial charge is 0.455 e. The minimum atomic E-state index is -0.240. The number of hydrogen-bond acceptors (Lipinski definition) is 2. The van der Waals surface area contributed by atoms with Crippen molar-refractivity contribution in [2.24, 2.45) is 0 Å². The molecular formula is C64H41FN2O. The highest BCUT2D eigenvalue weighted by Crippen LogP contribution is 2.45. The minimum Gasteiger partial charge on any atom is -0.455 e. The molecule has 0 N–H and O–H groups in total. The first-order chi connectivity index (χ1) is 33.6. The molecule has 0 unspecified atom stereocenters. The summed E-state index contributed by atoms with van der Waals surface area (Å²) in [5.74, 6) is -0.240. The zero-order valence-electron chi connectivity index (χ0n) is 36.9. The Morgan fingerprint density at radius 1 is 0.338 bits per heavy atom. The lowest BCUT2D eigenvalue weighted by molar-refractivity contribution is 0.628. The summed E-state index contributed by atoms with van der Waals surface area (Å²) in [5.41, 5.74) is 16.9. The standard InChI is InChI=1S/C64H41FN2O/c65-48-31-26-42(27-32-48)43-28-33-51(34-29-43)67-60-24-11-9-20-56(60)57-35-30-44(41-62(57)67)45-38-46(40-47(39-45)53-22-13-23-59-58-21-10-12-25-63(58)68-64(53)59)52-36-37-61(55-19-8-7-18-54(52)55)66(49-14-3-1-4-15-49)50-16-5-2-6-17-50/h1-41H. The molecule has 4 heteroatoms. The Balaban J connectivity index is 1.02. The van der Waals surface area contributed by atoms with E-state index in [1.165, 1.54) is 22.9 Å². The summed E-state index contributed by atoms with van der Waals surface area (Å²) < 4.78 is 22.9. The fraction of sp³-hybridized carbons (Fsp3) is 0. The molecule has 0 saturated carbocycles. The predicted octanol–water partition coefficient (Wildman–Crippen LogP) is 18.1. The summed E-state index contributed by atoms with van der Waals surface area (Å²) in [5, 5.41) is 6.88. The molecule has 0 aliphatic heterocycles. The van der Waals surface area contributed by atoms with Crippen molar-refractivity contribution in [1.82, 2.24) is 4.57 Å². The molecule has 0 saturated heterocycles. The summed E-state index contributed by atoms with van der Waals surface area (Å²) in [6.45, 7) is 0. The fourth-order valence-corrected chi connectivity index (χ4v) is 10.3. The van der Waals surface area contributed by atoms with E-state index in [1.54, 1.807) is 0 Å². The average Bonchev–Trinajstić information content (AvgIpc) is 3.95. The van der Waals surface area contributed by atoms with Crippen LogP contribution in [0.3, 0.4) is 0 Å². The first-order valence-electron chi connectivity index (χ1n) is 23.0. The van der Waals surface area contributed by atoms with Gasteiger partial charge in [-0.2, -0.15) is 0 Å². The quantitative estimate of drug-likeness (QED) is 0.152. The maximum absolute atomic E-state index is 13.8.